The van der Waals surface area contributed by atoms with E-state index in [0.29, 0.717) is 6.61 Å². The molecular formula is C18H31Cl3O10. The Labute approximate surface area is 197 Å². The highest BCUT2D eigenvalue weighted by atomic mass is 35.6. The highest BCUT2D eigenvalue weighted by molar-refractivity contribution is 6.68. The molecule has 0 aliphatic heterocycles. The van der Waals surface area contributed by atoms with E-state index in [1.807, 2.05) is 0 Å². The first kappa shape index (κ1) is 34.3. The Kier molecular flexibility index (Phi) is 19.1. The normalized spacial score (nSPS) is 11.6. The number of halogens is 3. The summed E-state index contributed by atoms with van der Waals surface area (Å²) in [5.74, 6) is -2.07. The van der Waals surface area contributed by atoms with Crippen LogP contribution in [-0.2, 0) is 38.1 Å². The van der Waals surface area contributed by atoms with Crippen LogP contribution in [0.4, 0.5) is 0 Å². The summed E-state index contributed by atoms with van der Waals surface area (Å²) in [6, 6.07) is 0. The van der Waals surface area contributed by atoms with Gasteiger partial charge in [0.15, 0.2) is 6.10 Å². The maximum Gasteiger partial charge on any atom is 0.334 e. The van der Waals surface area contributed by atoms with Crippen molar-refractivity contribution in [1.29, 1.82) is 0 Å². The van der Waals surface area contributed by atoms with Gasteiger partial charge in [-0.2, -0.15) is 0 Å². The minimum absolute atomic E-state index is 0.123. The molecule has 2 N–H and O–H groups in total. The molecule has 10 nitrogen and oxygen atoms in total. The summed E-state index contributed by atoms with van der Waals surface area (Å²) < 4.78 is 16.8. The van der Waals surface area contributed by atoms with Gasteiger partial charge in [-0.1, -0.05) is 34.8 Å². The molecular weight excluding hydrogens is 483 g/mol. The van der Waals surface area contributed by atoms with Crippen molar-refractivity contribution in [2.45, 2.75) is 70.1 Å². The van der Waals surface area contributed by atoms with Gasteiger partial charge in [-0.15, -0.1) is 0 Å². The molecule has 0 aliphatic rings. The van der Waals surface area contributed by atoms with Crippen molar-refractivity contribution in [2.75, 3.05) is 19.8 Å². The van der Waals surface area contributed by atoms with Crippen LogP contribution < -0.4 is 0 Å². The lowest BCUT2D eigenvalue weighted by Crippen LogP contribution is -2.35. The summed E-state index contributed by atoms with van der Waals surface area (Å²) in [5.41, 5.74) is -1.27. The van der Waals surface area contributed by atoms with Gasteiger partial charge in [-0.25, -0.2) is 4.79 Å². The van der Waals surface area contributed by atoms with E-state index in [2.05, 4.69) is 14.2 Å². The van der Waals surface area contributed by atoms with Crippen LogP contribution in [0.5, 0.6) is 0 Å². The zero-order valence-electron chi connectivity index (χ0n) is 18.6. The topological polar surface area (TPSA) is 146 Å². The molecule has 0 saturated heterocycles. The number of alkyl halides is 3. The van der Waals surface area contributed by atoms with E-state index in [-0.39, 0.29) is 13.2 Å². The first-order chi connectivity index (χ1) is 13.8. The molecule has 31 heavy (non-hydrogen) atoms. The molecule has 1 atom stereocenters. The van der Waals surface area contributed by atoms with Crippen molar-refractivity contribution < 1.29 is 48.3 Å². The second kappa shape index (κ2) is 17.3. The minimum Gasteiger partial charge on any atom is -0.464 e. The molecule has 13 heteroatoms. The molecule has 0 aromatic rings. The Morgan fingerprint density at radius 1 is 0.871 bits per heavy atom. The van der Waals surface area contributed by atoms with Gasteiger partial charge >= 0.3 is 23.9 Å². The molecule has 0 spiro atoms. The molecule has 0 saturated carbocycles. The summed E-state index contributed by atoms with van der Waals surface area (Å²) in [4.78, 5) is 41.9. The fourth-order valence-corrected chi connectivity index (χ4v) is 1.03. The molecule has 0 rings (SSSR count). The number of carbonyl (C=O) groups is 4. The Bertz CT molecular complexity index is 524. The van der Waals surface area contributed by atoms with Crippen LogP contribution in [0.2, 0.25) is 0 Å². The number of esters is 4. The standard InChI is InChI=1S/C9H14O6.C5H10O3.C4H7Cl3O/c1-6(10)13-4-9(15-8(3)12)5-14-7(2)11;1-3-8-5(7)4(2)6;1-3(2,8)4(5,6)7/h9H,4-5H2,1-3H3;4,6H,3H2,1-2H3;8H,1-2H3. The average molecular weight is 514 g/mol. The average Bonchev–Trinajstić information content (AvgIpc) is 2.56. The maximum absolute atomic E-state index is 10.6. The summed E-state index contributed by atoms with van der Waals surface area (Å²) in [5, 5.41) is 17.4. The summed E-state index contributed by atoms with van der Waals surface area (Å²) >= 11 is 15.9. The van der Waals surface area contributed by atoms with E-state index in [0.717, 1.165) is 0 Å². The number of hydrogen-bond acceptors (Lipinski definition) is 10. The van der Waals surface area contributed by atoms with Crippen LogP contribution in [0.3, 0.4) is 0 Å². The Morgan fingerprint density at radius 2 is 1.23 bits per heavy atom. The monoisotopic (exact) mass is 512 g/mol. The van der Waals surface area contributed by atoms with Crippen LogP contribution in [0.15, 0.2) is 0 Å². The number of ether oxygens (including phenoxy) is 4. The van der Waals surface area contributed by atoms with Gasteiger partial charge in [-0.3, -0.25) is 14.4 Å². The van der Waals surface area contributed by atoms with E-state index < -0.39 is 45.5 Å². The molecule has 0 amide bonds. The van der Waals surface area contributed by atoms with Crippen LogP contribution >= 0.6 is 34.8 Å². The molecule has 0 radical (unpaired) electrons. The Morgan fingerprint density at radius 3 is 1.39 bits per heavy atom. The van der Waals surface area contributed by atoms with Gasteiger partial charge in [0, 0.05) is 20.8 Å². The molecule has 0 aliphatic carbocycles. The third kappa shape index (κ3) is 24.8. The molecule has 0 aromatic heterocycles. The highest BCUT2D eigenvalue weighted by Crippen LogP contribution is 2.37. The van der Waals surface area contributed by atoms with Gasteiger partial charge in [0.2, 0.25) is 3.79 Å². The largest absolute Gasteiger partial charge is 0.464 e. The molecule has 1 unspecified atom stereocenters. The molecule has 0 bridgehead atoms. The van der Waals surface area contributed by atoms with Crippen molar-refractivity contribution in [1.82, 2.24) is 0 Å². The SMILES string of the molecule is CC(=O)OCC(COC(C)=O)OC(C)=O.CC(C)(O)C(Cl)(Cl)Cl.CCOC(=O)C(C)O. The van der Waals surface area contributed by atoms with Crippen LogP contribution in [0, 0.1) is 0 Å². The van der Waals surface area contributed by atoms with Crippen LogP contribution in [0.25, 0.3) is 0 Å². The maximum atomic E-state index is 10.6. The predicted molar refractivity (Wildman–Crippen MR) is 114 cm³/mol. The summed E-state index contributed by atoms with van der Waals surface area (Å²) in [7, 11) is 0. The van der Waals surface area contributed by atoms with E-state index in [1.54, 1.807) is 6.92 Å². The van der Waals surface area contributed by atoms with Crippen LogP contribution in [0.1, 0.15) is 48.5 Å². The van der Waals surface area contributed by atoms with Gasteiger partial charge in [0.25, 0.3) is 0 Å². The van der Waals surface area contributed by atoms with Crippen molar-refractivity contribution in [2.24, 2.45) is 0 Å². The smallest absolute Gasteiger partial charge is 0.334 e. The molecule has 0 heterocycles. The molecule has 184 valence electrons. The number of rotatable bonds is 7. The third-order valence-corrected chi connectivity index (χ3v) is 3.99. The Balaban J connectivity index is -0.000000415. The minimum atomic E-state index is -1.59. The van der Waals surface area contributed by atoms with Crippen molar-refractivity contribution >= 4 is 58.7 Å². The zero-order chi connectivity index (χ0) is 25.4. The summed E-state index contributed by atoms with van der Waals surface area (Å²) in [6.45, 7) is 9.69. The number of carbonyl (C=O) groups excluding carboxylic acids is 4. The van der Waals surface area contributed by atoms with Gasteiger partial charge in [0.05, 0.1) is 6.61 Å². The lowest BCUT2D eigenvalue weighted by molar-refractivity contribution is -0.163. The van der Waals surface area contributed by atoms with Gasteiger partial charge in [0.1, 0.15) is 24.9 Å². The Hall–Kier alpha value is -1.33. The highest BCUT2D eigenvalue weighted by Gasteiger charge is 2.38. The summed E-state index contributed by atoms with van der Waals surface area (Å²) in [6.07, 6.45) is -1.75. The third-order valence-electron chi connectivity index (χ3n) is 2.60. The lowest BCUT2D eigenvalue weighted by Gasteiger charge is -2.25. The molecule has 0 aromatic carbocycles. The van der Waals surface area contributed by atoms with Crippen LogP contribution in [-0.4, -0.2) is 75.5 Å². The van der Waals surface area contributed by atoms with Crippen molar-refractivity contribution in [3.63, 3.8) is 0 Å². The van der Waals surface area contributed by atoms with E-state index in [4.69, 9.17) is 49.8 Å². The second-order valence-electron chi connectivity index (χ2n) is 6.32. The number of aliphatic hydroxyl groups excluding tert-OH is 1. The zero-order valence-corrected chi connectivity index (χ0v) is 20.8. The molecule has 0 fully saturated rings. The predicted octanol–water partition coefficient (Wildman–Crippen LogP) is 2.10. The van der Waals surface area contributed by atoms with Crippen molar-refractivity contribution in [3.8, 4) is 0 Å². The first-order valence-electron chi connectivity index (χ1n) is 8.92. The quantitative estimate of drug-likeness (QED) is 0.295. The van der Waals surface area contributed by atoms with Crippen molar-refractivity contribution in [3.05, 3.63) is 0 Å². The number of aliphatic hydroxyl groups is 2. The van der Waals surface area contributed by atoms with E-state index >= 15 is 0 Å². The van der Waals surface area contributed by atoms with E-state index in [1.165, 1.54) is 41.5 Å². The first-order valence-corrected chi connectivity index (χ1v) is 10.1. The fourth-order valence-electron chi connectivity index (χ4n) is 1.03. The second-order valence-corrected chi connectivity index (χ2v) is 8.60. The lowest BCUT2D eigenvalue weighted by atomic mass is 10.2. The van der Waals surface area contributed by atoms with E-state index in [9.17, 15) is 19.2 Å². The fraction of sp³-hybridized carbons (Fsp3) is 0.778. The van der Waals surface area contributed by atoms with Gasteiger partial charge < -0.3 is 29.2 Å². The van der Waals surface area contributed by atoms with Gasteiger partial charge in [-0.05, 0) is 27.7 Å². The number of hydrogen-bond donors (Lipinski definition) is 2.